The molecule has 21 heavy (non-hydrogen) atoms. The molecule has 0 fully saturated rings. The van der Waals surface area contributed by atoms with Crippen LogP contribution in [0, 0.1) is 0 Å². The van der Waals surface area contributed by atoms with Crippen molar-refractivity contribution in [3.05, 3.63) is 82.9 Å². The van der Waals surface area contributed by atoms with E-state index in [1.807, 2.05) is 0 Å². The first-order chi connectivity index (χ1) is 10.4. The molecular formula is C20H18Ti. The van der Waals surface area contributed by atoms with Gasteiger partial charge in [-0.1, -0.05) is 0 Å². The molecule has 0 radical (unpaired) electrons. The summed E-state index contributed by atoms with van der Waals surface area (Å²) in [5, 5.41) is 0. The molecule has 2 aromatic carbocycles. The van der Waals surface area contributed by atoms with Crippen molar-refractivity contribution in [1.82, 2.24) is 0 Å². The zero-order valence-corrected chi connectivity index (χ0v) is 13.7. The molecule has 2 aliphatic carbocycles. The number of benzene rings is 2. The Hall–Kier alpha value is -1.50. The van der Waals surface area contributed by atoms with Crippen LogP contribution in [-0.2, 0) is 17.4 Å². The summed E-state index contributed by atoms with van der Waals surface area (Å²) < 4.78 is 3.87. The summed E-state index contributed by atoms with van der Waals surface area (Å²) in [4.78, 5) is 0. The monoisotopic (exact) mass is 306 g/mol. The molecule has 1 heteroatoms. The maximum atomic E-state index is 2.55. The average Bonchev–Trinajstić information content (AvgIpc) is 3.14. The molecule has 0 N–H and O–H groups in total. The second-order valence-electron chi connectivity index (χ2n) is 5.72. The van der Waals surface area contributed by atoms with E-state index in [-0.39, 0.29) is 0 Å². The Labute approximate surface area is 132 Å². The first-order valence-electron chi connectivity index (χ1n) is 7.59. The van der Waals surface area contributed by atoms with Crippen molar-refractivity contribution in [3.8, 4) is 0 Å². The maximum absolute atomic E-state index is 2.55. The van der Waals surface area contributed by atoms with E-state index in [1.54, 1.807) is 11.1 Å². The van der Waals surface area contributed by atoms with E-state index in [0.717, 1.165) is 0 Å². The SMILES string of the molecule is C[CH]=[Ti]([CH]1C=Cc2ccccc21)[CH]1C=Cc2ccccc21. The zero-order chi connectivity index (χ0) is 14.2. The van der Waals surface area contributed by atoms with Crippen LogP contribution in [0.2, 0.25) is 0 Å². The number of allylic oxidation sites excluding steroid dienone is 2. The molecule has 0 bridgehead atoms. The van der Waals surface area contributed by atoms with E-state index in [0.29, 0.717) is 8.45 Å². The van der Waals surface area contributed by atoms with Crippen LogP contribution >= 0.6 is 0 Å². The molecule has 0 saturated heterocycles. The Morgan fingerprint density at radius 3 is 1.71 bits per heavy atom. The number of hydrogen-bond donors (Lipinski definition) is 0. The Kier molecular flexibility index (Phi) is 3.37. The van der Waals surface area contributed by atoms with Crippen molar-refractivity contribution in [2.24, 2.45) is 0 Å². The minimum absolute atomic E-state index is 0.659. The summed E-state index contributed by atoms with van der Waals surface area (Å²) >= 11 is -1.41. The van der Waals surface area contributed by atoms with E-state index in [1.165, 1.54) is 11.1 Å². The standard InChI is InChI=1S/2C9H7.C2H4.Ti/c2*1-2-5-9-7-3-6-8(9)4-1;1-2;/h2*1-7H;1H,2H3;. The van der Waals surface area contributed by atoms with Crippen molar-refractivity contribution >= 4 is 16.5 Å². The molecule has 2 aliphatic rings. The van der Waals surface area contributed by atoms with Crippen LogP contribution in [0.25, 0.3) is 12.2 Å². The summed E-state index contributed by atoms with van der Waals surface area (Å²) in [6.45, 7) is 2.28. The van der Waals surface area contributed by atoms with Crippen LogP contribution in [0.5, 0.6) is 0 Å². The summed E-state index contributed by atoms with van der Waals surface area (Å²) in [6, 6.07) is 17.8. The zero-order valence-electron chi connectivity index (χ0n) is 12.2. The Balaban J connectivity index is 1.76. The molecule has 0 saturated carbocycles. The first-order valence-corrected chi connectivity index (χ1v) is 10.3. The van der Waals surface area contributed by atoms with Gasteiger partial charge in [-0.15, -0.1) is 0 Å². The Morgan fingerprint density at radius 2 is 1.24 bits per heavy atom. The van der Waals surface area contributed by atoms with E-state index < -0.39 is 17.4 Å². The molecule has 0 aliphatic heterocycles. The van der Waals surface area contributed by atoms with Gasteiger partial charge in [0.2, 0.25) is 0 Å². The van der Waals surface area contributed by atoms with Crippen molar-refractivity contribution in [2.75, 3.05) is 0 Å². The fourth-order valence-electron chi connectivity index (χ4n) is 3.63. The van der Waals surface area contributed by atoms with Gasteiger partial charge < -0.3 is 0 Å². The van der Waals surface area contributed by atoms with Crippen LogP contribution in [0.3, 0.4) is 0 Å². The normalized spacial score (nSPS) is 21.2. The van der Waals surface area contributed by atoms with E-state index in [2.05, 4.69) is 84.1 Å². The third-order valence-corrected chi connectivity index (χ3v) is 9.51. The van der Waals surface area contributed by atoms with Gasteiger partial charge in [-0.05, 0) is 0 Å². The number of rotatable bonds is 2. The van der Waals surface area contributed by atoms with Gasteiger partial charge in [0.05, 0.1) is 0 Å². The first kappa shape index (κ1) is 13.2. The third kappa shape index (κ3) is 2.14. The quantitative estimate of drug-likeness (QED) is 0.688. The molecule has 102 valence electrons. The number of hydrogen-bond acceptors (Lipinski definition) is 0. The van der Waals surface area contributed by atoms with Gasteiger partial charge in [-0.3, -0.25) is 0 Å². The van der Waals surface area contributed by atoms with Gasteiger partial charge in [-0.2, -0.15) is 0 Å². The second-order valence-corrected chi connectivity index (χ2v) is 10.1. The molecule has 0 aromatic heterocycles. The topological polar surface area (TPSA) is 0 Å². The van der Waals surface area contributed by atoms with Gasteiger partial charge in [0.15, 0.2) is 0 Å². The van der Waals surface area contributed by atoms with Crippen LogP contribution in [0.1, 0.15) is 37.6 Å². The van der Waals surface area contributed by atoms with E-state index in [9.17, 15) is 0 Å². The summed E-state index contributed by atoms with van der Waals surface area (Å²) in [6.07, 6.45) is 9.55. The Morgan fingerprint density at radius 1 is 0.762 bits per heavy atom. The van der Waals surface area contributed by atoms with Crippen LogP contribution in [0.15, 0.2) is 60.7 Å². The molecule has 0 spiro atoms. The molecule has 0 amide bonds. The van der Waals surface area contributed by atoms with Crippen molar-refractivity contribution in [2.45, 2.75) is 15.4 Å². The van der Waals surface area contributed by atoms with Crippen molar-refractivity contribution < 1.29 is 17.4 Å². The molecule has 2 aromatic rings. The predicted molar refractivity (Wildman–Crippen MR) is 88.2 cm³/mol. The molecule has 2 atom stereocenters. The summed E-state index contributed by atoms with van der Waals surface area (Å²) in [5.41, 5.74) is 5.93. The van der Waals surface area contributed by atoms with Gasteiger partial charge in [0.25, 0.3) is 0 Å². The Bertz CT molecular complexity index is 716. The van der Waals surface area contributed by atoms with E-state index >= 15 is 0 Å². The summed E-state index contributed by atoms with van der Waals surface area (Å²) in [7, 11) is 0. The third-order valence-electron chi connectivity index (χ3n) is 4.65. The average molecular weight is 306 g/mol. The van der Waals surface area contributed by atoms with Gasteiger partial charge in [0.1, 0.15) is 0 Å². The minimum atomic E-state index is -1.41. The molecule has 4 rings (SSSR count). The van der Waals surface area contributed by atoms with Gasteiger partial charge in [0, 0.05) is 0 Å². The molecule has 0 heterocycles. The van der Waals surface area contributed by atoms with Crippen molar-refractivity contribution in [1.29, 1.82) is 0 Å². The molecule has 2 unspecified atom stereocenters. The fourth-order valence-corrected chi connectivity index (χ4v) is 8.30. The number of fused-ring (bicyclic) bond motifs is 2. The fraction of sp³-hybridized carbons (Fsp3) is 0.150. The summed E-state index contributed by atoms with van der Waals surface area (Å²) in [5.74, 6) is 0. The van der Waals surface area contributed by atoms with Crippen molar-refractivity contribution in [3.63, 3.8) is 0 Å². The van der Waals surface area contributed by atoms with E-state index in [4.69, 9.17) is 0 Å². The molecule has 0 nitrogen and oxygen atoms in total. The van der Waals surface area contributed by atoms with Crippen LogP contribution < -0.4 is 0 Å². The second kappa shape index (κ2) is 5.37. The predicted octanol–water partition coefficient (Wildman–Crippen LogP) is 4.96. The van der Waals surface area contributed by atoms with Crippen LogP contribution in [-0.4, -0.2) is 4.31 Å². The molecular weight excluding hydrogens is 288 g/mol. The van der Waals surface area contributed by atoms with Crippen LogP contribution in [0.4, 0.5) is 0 Å². The van der Waals surface area contributed by atoms with Gasteiger partial charge >= 0.3 is 132 Å². The van der Waals surface area contributed by atoms with Gasteiger partial charge in [-0.25, -0.2) is 0 Å².